The molecule has 2 unspecified atom stereocenters. The Hall–Kier alpha value is -2.59. The van der Waals surface area contributed by atoms with E-state index in [-0.39, 0.29) is 11.8 Å². The molecular formula is C29H26Cl2N2S. The van der Waals surface area contributed by atoms with Crippen molar-refractivity contribution in [3.8, 4) is 21.7 Å². The summed E-state index contributed by atoms with van der Waals surface area (Å²) in [6.07, 6.45) is 1.83. The van der Waals surface area contributed by atoms with Gasteiger partial charge in [0.25, 0.3) is 0 Å². The zero-order chi connectivity index (χ0) is 24.0. The number of alkyl halides is 2. The number of allylic oxidation sites excluding steroid dienone is 1. The van der Waals surface area contributed by atoms with E-state index < -0.39 is 4.33 Å². The van der Waals surface area contributed by atoms with E-state index in [0.717, 1.165) is 27.5 Å². The topological polar surface area (TPSA) is 24.9 Å². The Bertz CT molecular complexity index is 1340. The Morgan fingerprint density at radius 2 is 1.62 bits per heavy atom. The molecule has 5 heteroatoms. The number of nitrogens with one attached hydrogen (secondary N) is 1. The zero-order valence-corrected chi connectivity index (χ0v) is 21.7. The normalized spacial score (nSPS) is 18.5. The van der Waals surface area contributed by atoms with Gasteiger partial charge in [0, 0.05) is 40.4 Å². The van der Waals surface area contributed by atoms with Crippen LogP contribution in [0, 0.1) is 26.7 Å². The van der Waals surface area contributed by atoms with E-state index in [4.69, 9.17) is 23.2 Å². The van der Waals surface area contributed by atoms with Crippen LogP contribution in [-0.2, 0) is 0 Å². The highest BCUT2D eigenvalue weighted by Crippen LogP contribution is 2.67. The van der Waals surface area contributed by atoms with E-state index in [1.807, 2.05) is 11.6 Å². The highest BCUT2D eigenvalue weighted by atomic mass is 35.5. The van der Waals surface area contributed by atoms with E-state index in [0.29, 0.717) is 0 Å². The standard InChI is InChI=1S/C29H26Cl2N2S/c1-17-13-18(2)15-23(14-17)27-26(29(27,30)31)20(4)33-24-10-5-19(3)25(16-24)21-6-8-22(9-7-21)28-32-11-12-34-28/h5-16,26-27,33H,4H2,1-3H3. The molecule has 2 nitrogen and oxygen atoms in total. The van der Waals surface area contributed by atoms with Gasteiger partial charge in [-0.25, -0.2) is 4.98 Å². The average molecular weight is 506 g/mol. The van der Waals surface area contributed by atoms with E-state index in [9.17, 15) is 0 Å². The number of benzene rings is 3. The lowest BCUT2D eigenvalue weighted by atomic mass is 9.98. The van der Waals surface area contributed by atoms with Gasteiger partial charge in [0.2, 0.25) is 0 Å². The summed E-state index contributed by atoms with van der Waals surface area (Å²) in [6, 6.07) is 21.4. The molecule has 1 aliphatic carbocycles. The minimum absolute atomic E-state index is 0.0257. The lowest BCUT2D eigenvalue weighted by Crippen LogP contribution is -2.04. The Kier molecular flexibility index (Phi) is 6.05. The van der Waals surface area contributed by atoms with Crippen molar-refractivity contribution in [3.63, 3.8) is 0 Å². The Labute approximate surface area is 215 Å². The smallest absolute Gasteiger partial charge is 0.134 e. The molecule has 1 saturated carbocycles. The van der Waals surface area contributed by atoms with Crippen LogP contribution in [0.1, 0.15) is 28.2 Å². The molecule has 0 spiro atoms. The van der Waals surface area contributed by atoms with E-state index >= 15 is 0 Å². The summed E-state index contributed by atoms with van der Waals surface area (Å²) in [4.78, 5) is 4.40. The van der Waals surface area contributed by atoms with Crippen molar-refractivity contribution in [2.75, 3.05) is 5.32 Å². The molecule has 1 aromatic heterocycles. The van der Waals surface area contributed by atoms with Gasteiger partial charge >= 0.3 is 0 Å². The summed E-state index contributed by atoms with van der Waals surface area (Å²) in [5.74, 6) is -0.0304. The average Bonchev–Trinajstić information content (AvgIpc) is 3.12. The van der Waals surface area contributed by atoms with Crippen molar-refractivity contribution < 1.29 is 0 Å². The number of hydrogen-bond donors (Lipinski definition) is 1. The maximum absolute atomic E-state index is 6.74. The van der Waals surface area contributed by atoms with Crippen LogP contribution < -0.4 is 5.32 Å². The number of halogens is 2. The summed E-state index contributed by atoms with van der Waals surface area (Å²) >= 11 is 15.1. The van der Waals surface area contributed by atoms with Crippen LogP contribution in [0.4, 0.5) is 5.69 Å². The van der Waals surface area contributed by atoms with E-state index in [1.54, 1.807) is 11.3 Å². The molecule has 1 aliphatic rings. The maximum atomic E-state index is 6.74. The first kappa shape index (κ1) is 23.2. The van der Waals surface area contributed by atoms with Gasteiger partial charge in [0.05, 0.1) is 0 Å². The Morgan fingerprint density at radius 1 is 0.941 bits per heavy atom. The van der Waals surface area contributed by atoms with Gasteiger partial charge in [-0.15, -0.1) is 34.5 Å². The fourth-order valence-electron chi connectivity index (χ4n) is 4.80. The molecule has 3 aromatic carbocycles. The second-order valence-electron chi connectivity index (χ2n) is 9.15. The van der Waals surface area contributed by atoms with Crippen molar-refractivity contribution in [3.05, 3.63) is 107 Å². The molecule has 0 radical (unpaired) electrons. The van der Waals surface area contributed by atoms with Crippen molar-refractivity contribution >= 4 is 40.2 Å². The lowest BCUT2D eigenvalue weighted by Gasteiger charge is -2.14. The zero-order valence-electron chi connectivity index (χ0n) is 19.4. The molecule has 1 fully saturated rings. The first-order chi connectivity index (χ1) is 16.2. The third-order valence-corrected chi connectivity index (χ3v) is 8.21. The van der Waals surface area contributed by atoms with Crippen molar-refractivity contribution in [2.45, 2.75) is 31.0 Å². The first-order valence-corrected chi connectivity index (χ1v) is 12.9. The maximum Gasteiger partial charge on any atom is 0.134 e. The van der Waals surface area contributed by atoms with E-state index in [2.05, 4.69) is 98.3 Å². The molecule has 2 atom stereocenters. The molecular weight excluding hydrogens is 479 g/mol. The molecule has 0 aliphatic heterocycles. The second-order valence-corrected chi connectivity index (χ2v) is 11.5. The van der Waals surface area contributed by atoms with Crippen molar-refractivity contribution in [1.82, 2.24) is 4.98 Å². The summed E-state index contributed by atoms with van der Waals surface area (Å²) in [5.41, 5.74) is 10.1. The van der Waals surface area contributed by atoms with Gasteiger partial charge in [-0.3, -0.25) is 0 Å². The largest absolute Gasteiger partial charge is 0.359 e. The van der Waals surface area contributed by atoms with Crippen molar-refractivity contribution in [1.29, 1.82) is 0 Å². The molecule has 0 bridgehead atoms. The Morgan fingerprint density at radius 3 is 2.26 bits per heavy atom. The van der Waals surface area contributed by atoms with Crippen LogP contribution in [0.5, 0.6) is 0 Å². The number of nitrogens with zero attached hydrogens (tertiary/aromatic N) is 1. The Balaban J connectivity index is 1.36. The summed E-state index contributed by atoms with van der Waals surface area (Å²) in [6.45, 7) is 10.6. The molecule has 0 saturated heterocycles. The van der Waals surface area contributed by atoms with Crippen LogP contribution in [0.3, 0.4) is 0 Å². The highest BCUT2D eigenvalue weighted by molar-refractivity contribution is 7.13. The first-order valence-electron chi connectivity index (χ1n) is 11.3. The van der Waals surface area contributed by atoms with Gasteiger partial charge in [-0.2, -0.15) is 0 Å². The second kappa shape index (κ2) is 8.88. The quantitative estimate of drug-likeness (QED) is 0.265. The molecule has 0 amide bonds. The van der Waals surface area contributed by atoms with E-state index in [1.165, 1.54) is 27.8 Å². The van der Waals surface area contributed by atoms with Gasteiger partial charge in [0.1, 0.15) is 9.34 Å². The van der Waals surface area contributed by atoms with Crippen LogP contribution in [0.15, 0.2) is 84.5 Å². The number of thiazole rings is 1. The van der Waals surface area contributed by atoms with Crippen LogP contribution >= 0.6 is 34.5 Å². The number of hydrogen-bond acceptors (Lipinski definition) is 3. The molecule has 34 heavy (non-hydrogen) atoms. The summed E-state index contributed by atoms with van der Waals surface area (Å²) in [5, 5.41) is 6.52. The fraction of sp³-hybridized carbons (Fsp3) is 0.207. The predicted octanol–water partition coefficient (Wildman–Crippen LogP) is 8.92. The minimum atomic E-state index is -0.858. The lowest BCUT2D eigenvalue weighted by molar-refractivity contribution is 0.944. The third-order valence-electron chi connectivity index (χ3n) is 6.45. The van der Waals surface area contributed by atoms with Crippen LogP contribution in [0.2, 0.25) is 0 Å². The van der Waals surface area contributed by atoms with Gasteiger partial charge < -0.3 is 5.32 Å². The fourth-order valence-corrected chi connectivity index (χ4v) is 6.33. The molecule has 1 heterocycles. The van der Waals surface area contributed by atoms with Crippen LogP contribution in [0.25, 0.3) is 21.7 Å². The number of anilines is 1. The monoisotopic (exact) mass is 504 g/mol. The molecule has 1 N–H and O–H groups in total. The van der Waals surface area contributed by atoms with Crippen LogP contribution in [-0.4, -0.2) is 9.32 Å². The SMILES string of the molecule is C=C(Nc1ccc(C)c(-c2ccc(-c3nccs3)cc2)c1)C1C(c2cc(C)cc(C)c2)C1(Cl)Cl. The third kappa shape index (κ3) is 4.40. The van der Waals surface area contributed by atoms with Gasteiger partial charge in [0.15, 0.2) is 0 Å². The molecule has 172 valence electrons. The minimum Gasteiger partial charge on any atom is -0.359 e. The summed E-state index contributed by atoms with van der Waals surface area (Å²) < 4.78 is -0.858. The summed E-state index contributed by atoms with van der Waals surface area (Å²) in [7, 11) is 0. The van der Waals surface area contributed by atoms with Gasteiger partial charge in [-0.05, 0) is 55.2 Å². The number of rotatable bonds is 6. The highest BCUT2D eigenvalue weighted by Gasteiger charge is 2.65. The van der Waals surface area contributed by atoms with Gasteiger partial charge in [-0.1, -0.05) is 66.2 Å². The molecule has 5 rings (SSSR count). The van der Waals surface area contributed by atoms with Crippen molar-refractivity contribution in [2.24, 2.45) is 5.92 Å². The number of aryl methyl sites for hydroxylation is 3. The molecule has 4 aromatic rings. The predicted molar refractivity (Wildman–Crippen MR) is 147 cm³/mol. The number of aromatic nitrogens is 1.